The number of hydrogen-bond acceptors (Lipinski definition) is 2. The van der Waals surface area contributed by atoms with E-state index in [1.807, 2.05) is 0 Å². The summed E-state index contributed by atoms with van der Waals surface area (Å²) < 4.78 is 10.0. The lowest BCUT2D eigenvalue weighted by Crippen LogP contribution is -2.09. The number of hydrogen-bond donors (Lipinski definition) is 0. The van der Waals surface area contributed by atoms with Crippen molar-refractivity contribution >= 4 is 7.85 Å². The largest absolute Gasteiger partial charge is 0.390 e. The van der Waals surface area contributed by atoms with Crippen molar-refractivity contribution in [2.24, 2.45) is 0 Å². The molecule has 0 saturated heterocycles. The van der Waals surface area contributed by atoms with Crippen molar-refractivity contribution in [2.75, 3.05) is 20.8 Å². The summed E-state index contributed by atoms with van der Waals surface area (Å²) in [5.41, 5.74) is 0. The fourth-order valence-corrected chi connectivity index (χ4v) is 0.796. The van der Waals surface area contributed by atoms with Gasteiger partial charge in [-0.3, -0.25) is 0 Å². The molecule has 0 radical (unpaired) electrons. The molecular formula is C7H17BO2. The SMILES string of the molecule is BC(CCCCOC)OC. The average Bonchev–Trinajstić information content (AvgIpc) is 1.98. The topological polar surface area (TPSA) is 18.5 Å². The molecule has 0 aliphatic carbocycles. The molecule has 0 bridgehead atoms. The van der Waals surface area contributed by atoms with Crippen molar-refractivity contribution in [3.63, 3.8) is 0 Å². The summed E-state index contributed by atoms with van der Waals surface area (Å²) in [5, 5.41) is 0. The number of methoxy groups -OCH3 is 2. The zero-order valence-corrected chi connectivity index (χ0v) is 7.22. The Morgan fingerprint density at radius 1 is 1.30 bits per heavy atom. The van der Waals surface area contributed by atoms with Gasteiger partial charge in [0.1, 0.15) is 7.85 Å². The van der Waals surface area contributed by atoms with Crippen LogP contribution in [0.4, 0.5) is 0 Å². The van der Waals surface area contributed by atoms with Gasteiger partial charge in [0.2, 0.25) is 0 Å². The van der Waals surface area contributed by atoms with Crippen LogP contribution in [0.3, 0.4) is 0 Å². The fraction of sp³-hybridized carbons (Fsp3) is 1.00. The Kier molecular flexibility index (Phi) is 7.09. The van der Waals surface area contributed by atoms with Crippen molar-refractivity contribution in [1.82, 2.24) is 0 Å². The van der Waals surface area contributed by atoms with Gasteiger partial charge in [0, 0.05) is 26.8 Å². The number of rotatable bonds is 6. The molecule has 3 heteroatoms. The molecule has 0 aromatic carbocycles. The highest BCUT2D eigenvalue weighted by Gasteiger charge is 1.97. The maximum absolute atomic E-state index is 5.09. The molecule has 1 unspecified atom stereocenters. The maximum Gasteiger partial charge on any atom is 0.139 e. The second-order valence-electron chi connectivity index (χ2n) is 2.53. The van der Waals surface area contributed by atoms with Gasteiger partial charge in [0.05, 0.1) is 0 Å². The lowest BCUT2D eigenvalue weighted by atomic mass is 9.94. The highest BCUT2D eigenvalue weighted by molar-refractivity contribution is 6.10. The third-order valence-corrected chi connectivity index (χ3v) is 1.61. The van der Waals surface area contributed by atoms with Crippen molar-refractivity contribution in [3.8, 4) is 0 Å². The molecule has 0 fully saturated rings. The maximum atomic E-state index is 5.09. The standard InChI is InChI=1S/C7H17BO2/c1-9-6-4-3-5-7(8)10-2/h7H,3-6,8H2,1-2H3. The molecule has 0 aliphatic heterocycles. The third kappa shape index (κ3) is 6.11. The van der Waals surface area contributed by atoms with E-state index >= 15 is 0 Å². The number of unbranched alkanes of at least 4 members (excludes halogenated alkanes) is 1. The van der Waals surface area contributed by atoms with Crippen molar-refractivity contribution in [3.05, 3.63) is 0 Å². The Hall–Kier alpha value is -0.0151. The smallest absolute Gasteiger partial charge is 0.139 e. The minimum atomic E-state index is 0.400. The first-order valence-electron chi connectivity index (χ1n) is 3.83. The summed E-state index contributed by atoms with van der Waals surface area (Å²) in [4.78, 5) is 0. The molecule has 0 N–H and O–H groups in total. The van der Waals surface area contributed by atoms with Crippen LogP contribution in [-0.2, 0) is 9.47 Å². The minimum absolute atomic E-state index is 0.400. The van der Waals surface area contributed by atoms with E-state index in [-0.39, 0.29) is 0 Å². The van der Waals surface area contributed by atoms with Crippen LogP contribution in [0, 0.1) is 0 Å². The van der Waals surface area contributed by atoms with Gasteiger partial charge in [-0.15, -0.1) is 0 Å². The van der Waals surface area contributed by atoms with Crippen LogP contribution in [0.5, 0.6) is 0 Å². The first-order chi connectivity index (χ1) is 4.81. The molecular weight excluding hydrogens is 127 g/mol. The zero-order chi connectivity index (χ0) is 7.82. The summed E-state index contributed by atoms with van der Waals surface area (Å²) in [6, 6.07) is 0.400. The Morgan fingerprint density at radius 2 is 2.00 bits per heavy atom. The van der Waals surface area contributed by atoms with Gasteiger partial charge >= 0.3 is 0 Å². The molecule has 2 nitrogen and oxygen atoms in total. The van der Waals surface area contributed by atoms with Crippen molar-refractivity contribution < 1.29 is 9.47 Å². The minimum Gasteiger partial charge on any atom is -0.390 e. The van der Waals surface area contributed by atoms with Crippen LogP contribution in [0.1, 0.15) is 19.3 Å². The molecule has 0 spiro atoms. The summed E-state index contributed by atoms with van der Waals surface area (Å²) in [5.74, 6) is 0. The average molecular weight is 144 g/mol. The molecule has 0 heterocycles. The monoisotopic (exact) mass is 144 g/mol. The normalized spacial score (nSPS) is 13.4. The molecule has 0 aliphatic rings. The predicted molar refractivity (Wildman–Crippen MR) is 45.1 cm³/mol. The van der Waals surface area contributed by atoms with Gasteiger partial charge in [0.25, 0.3) is 0 Å². The van der Waals surface area contributed by atoms with Gasteiger partial charge in [0.15, 0.2) is 0 Å². The highest BCUT2D eigenvalue weighted by Crippen LogP contribution is 2.00. The Labute approximate surface area is 64.3 Å². The van der Waals surface area contributed by atoms with E-state index in [1.54, 1.807) is 14.2 Å². The molecule has 0 saturated carbocycles. The van der Waals surface area contributed by atoms with Crippen molar-refractivity contribution in [2.45, 2.75) is 25.3 Å². The number of ether oxygens (including phenoxy) is 2. The van der Waals surface area contributed by atoms with Gasteiger partial charge in [-0.05, 0) is 19.3 Å². The van der Waals surface area contributed by atoms with Crippen LogP contribution < -0.4 is 0 Å². The fourth-order valence-electron chi connectivity index (χ4n) is 0.796. The van der Waals surface area contributed by atoms with Crippen LogP contribution in [0.15, 0.2) is 0 Å². The molecule has 0 rings (SSSR count). The van der Waals surface area contributed by atoms with E-state index in [0.717, 1.165) is 19.4 Å². The van der Waals surface area contributed by atoms with Crippen LogP contribution in [-0.4, -0.2) is 34.7 Å². The van der Waals surface area contributed by atoms with Gasteiger partial charge in [-0.2, -0.15) is 0 Å². The first-order valence-corrected chi connectivity index (χ1v) is 3.83. The molecule has 0 amide bonds. The molecule has 10 heavy (non-hydrogen) atoms. The van der Waals surface area contributed by atoms with Crippen LogP contribution >= 0.6 is 0 Å². The summed E-state index contributed by atoms with van der Waals surface area (Å²) in [6.45, 7) is 0.871. The van der Waals surface area contributed by atoms with Crippen molar-refractivity contribution in [1.29, 1.82) is 0 Å². The first kappa shape index (κ1) is 9.98. The van der Waals surface area contributed by atoms with E-state index in [0.29, 0.717) is 6.00 Å². The Bertz CT molecular complexity index is 68.6. The predicted octanol–water partition coefficient (Wildman–Crippen LogP) is 0.409. The van der Waals surface area contributed by atoms with E-state index < -0.39 is 0 Å². The Balaban J connectivity index is 2.89. The molecule has 60 valence electrons. The second kappa shape index (κ2) is 7.10. The van der Waals surface area contributed by atoms with E-state index in [2.05, 4.69) is 7.85 Å². The summed E-state index contributed by atoms with van der Waals surface area (Å²) in [6.07, 6.45) is 3.48. The third-order valence-electron chi connectivity index (χ3n) is 1.61. The molecule has 0 aromatic heterocycles. The van der Waals surface area contributed by atoms with Gasteiger partial charge in [-0.1, -0.05) is 0 Å². The lowest BCUT2D eigenvalue weighted by Gasteiger charge is -2.07. The highest BCUT2D eigenvalue weighted by atomic mass is 16.5. The van der Waals surface area contributed by atoms with Gasteiger partial charge in [-0.25, -0.2) is 0 Å². The van der Waals surface area contributed by atoms with E-state index in [4.69, 9.17) is 9.47 Å². The molecule has 0 aromatic rings. The summed E-state index contributed by atoms with van der Waals surface area (Å²) >= 11 is 0. The van der Waals surface area contributed by atoms with Crippen LogP contribution in [0.2, 0.25) is 0 Å². The summed E-state index contributed by atoms with van der Waals surface area (Å²) in [7, 11) is 5.58. The van der Waals surface area contributed by atoms with Gasteiger partial charge < -0.3 is 9.47 Å². The zero-order valence-electron chi connectivity index (χ0n) is 7.22. The lowest BCUT2D eigenvalue weighted by molar-refractivity contribution is 0.148. The van der Waals surface area contributed by atoms with Crippen LogP contribution in [0.25, 0.3) is 0 Å². The van der Waals surface area contributed by atoms with E-state index in [9.17, 15) is 0 Å². The molecule has 1 atom stereocenters. The quantitative estimate of drug-likeness (QED) is 0.397. The van der Waals surface area contributed by atoms with E-state index in [1.165, 1.54) is 6.42 Å². The Morgan fingerprint density at radius 3 is 2.50 bits per heavy atom. The second-order valence-corrected chi connectivity index (χ2v) is 2.53.